The average molecular weight is 335 g/mol. The average Bonchev–Trinajstić information content (AvgIpc) is 3.02. The van der Waals surface area contributed by atoms with E-state index in [0.717, 1.165) is 0 Å². The van der Waals surface area contributed by atoms with E-state index in [0.29, 0.717) is 18.5 Å². The lowest BCUT2D eigenvalue weighted by Crippen LogP contribution is -2.39. The Bertz CT molecular complexity index is 702. The SMILES string of the molecule is Cc1cc(C(=O)NCC(=O)N2CCC(C(=O)O)C2)ccc1[N+](=O)[O-]. The molecule has 1 unspecified atom stereocenters. The summed E-state index contributed by atoms with van der Waals surface area (Å²) in [5.74, 6) is -2.38. The van der Waals surface area contributed by atoms with Crippen LogP contribution in [-0.2, 0) is 9.59 Å². The summed E-state index contributed by atoms with van der Waals surface area (Å²) >= 11 is 0. The molecular weight excluding hydrogens is 318 g/mol. The second-order valence-electron chi connectivity index (χ2n) is 5.60. The molecule has 1 atom stereocenters. The van der Waals surface area contributed by atoms with Crippen molar-refractivity contribution in [2.24, 2.45) is 5.92 Å². The first kappa shape index (κ1) is 17.4. The number of carboxylic acids is 1. The molecule has 1 aliphatic heterocycles. The number of nitro benzene ring substituents is 1. The maximum Gasteiger partial charge on any atom is 0.308 e. The molecular formula is C15H17N3O6. The Morgan fingerprint density at radius 1 is 1.42 bits per heavy atom. The smallest absolute Gasteiger partial charge is 0.308 e. The summed E-state index contributed by atoms with van der Waals surface area (Å²) in [5, 5.41) is 22.1. The van der Waals surface area contributed by atoms with E-state index in [9.17, 15) is 24.5 Å². The number of aliphatic carboxylic acids is 1. The Hall–Kier alpha value is -2.97. The fourth-order valence-corrected chi connectivity index (χ4v) is 2.56. The molecule has 1 aromatic carbocycles. The highest BCUT2D eigenvalue weighted by molar-refractivity contribution is 5.97. The molecule has 1 aromatic rings. The summed E-state index contributed by atoms with van der Waals surface area (Å²) in [6.45, 7) is 1.76. The van der Waals surface area contributed by atoms with Gasteiger partial charge in [-0.05, 0) is 25.5 Å². The molecule has 9 heteroatoms. The lowest BCUT2D eigenvalue weighted by Gasteiger charge is -2.16. The van der Waals surface area contributed by atoms with Crippen LogP contribution in [0.5, 0.6) is 0 Å². The summed E-state index contributed by atoms with van der Waals surface area (Å²) in [6, 6.07) is 3.94. The number of hydrogen-bond donors (Lipinski definition) is 2. The molecule has 9 nitrogen and oxygen atoms in total. The maximum atomic E-state index is 12.0. The molecule has 0 spiro atoms. The molecule has 0 radical (unpaired) electrons. The Morgan fingerprint density at radius 2 is 2.12 bits per heavy atom. The summed E-state index contributed by atoms with van der Waals surface area (Å²) in [6.07, 6.45) is 0.399. The number of carboxylic acid groups (broad SMARTS) is 1. The predicted octanol–water partition coefficient (Wildman–Crippen LogP) is 0.566. The minimum Gasteiger partial charge on any atom is -0.481 e. The van der Waals surface area contributed by atoms with E-state index in [4.69, 9.17) is 5.11 Å². The zero-order valence-corrected chi connectivity index (χ0v) is 13.0. The minimum absolute atomic E-state index is 0.0839. The molecule has 2 amide bonds. The van der Waals surface area contributed by atoms with E-state index in [1.807, 2.05) is 0 Å². The van der Waals surface area contributed by atoms with Crippen LogP contribution in [0.15, 0.2) is 18.2 Å². The highest BCUT2D eigenvalue weighted by Gasteiger charge is 2.30. The molecule has 1 aliphatic rings. The van der Waals surface area contributed by atoms with Gasteiger partial charge < -0.3 is 15.3 Å². The third-order valence-electron chi connectivity index (χ3n) is 3.95. The molecule has 128 valence electrons. The van der Waals surface area contributed by atoms with Crippen molar-refractivity contribution in [3.63, 3.8) is 0 Å². The van der Waals surface area contributed by atoms with E-state index >= 15 is 0 Å². The number of carbonyl (C=O) groups excluding carboxylic acids is 2. The molecule has 0 aromatic heterocycles. The topological polar surface area (TPSA) is 130 Å². The van der Waals surface area contributed by atoms with Crippen molar-refractivity contribution in [1.29, 1.82) is 0 Å². The molecule has 1 saturated heterocycles. The maximum absolute atomic E-state index is 12.0. The molecule has 24 heavy (non-hydrogen) atoms. The van der Waals surface area contributed by atoms with E-state index in [1.165, 1.54) is 30.0 Å². The van der Waals surface area contributed by atoms with Gasteiger partial charge in [-0.2, -0.15) is 0 Å². The van der Waals surface area contributed by atoms with Gasteiger partial charge in [-0.3, -0.25) is 24.5 Å². The van der Waals surface area contributed by atoms with Gasteiger partial charge in [-0.25, -0.2) is 0 Å². The molecule has 0 saturated carbocycles. The van der Waals surface area contributed by atoms with Crippen molar-refractivity contribution in [3.8, 4) is 0 Å². The van der Waals surface area contributed by atoms with Gasteiger partial charge in [0.25, 0.3) is 11.6 Å². The van der Waals surface area contributed by atoms with Gasteiger partial charge in [-0.15, -0.1) is 0 Å². The van der Waals surface area contributed by atoms with Crippen molar-refractivity contribution in [2.45, 2.75) is 13.3 Å². The fourth-order valence-electron chi connectivity index (χ4n) is 2.56. The quantitative estimate of drug-likeness (QED) is 0.597. The van der Waals surface area contributed by atoms with Crippen LogP contribution in [0.3, 0.4) is 0 Å². The summed E-state index contributed by atoms with van der Waals surface area (Å²) in [4.78, 5) is 46.5. The molecule has 2 rings (SSSR count). The fraction of sp³-hybridized carbons (Fsp3) is 0.400. The Kier molecular flexibility index (Phi) is 5.12. The van der Waals surface area contributed by atoms with Crippen LogP contribution in [0.2, 0.25) is 0 Å². The highest BCUT2D eigenvalue weighted by atomic mass is 16.6. The van der Waals surface area contributed by atoms with Gasteiger partial charge >= 0.3 is 5.97 Å². The van der Waals surface area contributed by atoms with Crippen LogP contribution in [0.1, 0.15) is 22.3 Å². The van der Waals surface area contributed by atoms with Gasteiger partial charge in [0, 0.05) is 30.3 Å². The molecule has 2 N–H and O–H groups in total. The number of aryl methyl sites for hydroxylation is 1. The Balaban J connectivity index is 1.91. The van der Waals surface area contributed by atoms with Crippen molar-refractivity contribution >= 4 is 23.5 Å². The van der Waals surface area contributed by atoms with Crippen LogP contribution in [0.25, 0.3) is 0 Å². The van der Waals surface area contributed by atoms with Gasteiger partial charge in [0.1, 0.15) is 0 Å². The van der Waals surface area contributed by atoms with Crippen molar-refractivity contribution in [1.82, 2.24) is 10.2 Å². The van der Waals surface area contributed by atoms with Gasteiger partial charge in [0.2, 0.25) is 5.91 Å². The Morgan fingerprint density at radius 3 is 2.67 bits per heavy atom. The van der Waals surface area contributed by atoms with Crippen molar-refractivity contribution in [3.05, 3.63) is 39.4 Å². The van der Waals surface area contributed by atoms with Gasteiger partial charge in [0.05, 0.1) is 17.4 Å². The monoisotopic (exact) mass is 335 g/mol. The first-order valence-corrected chi connectivity index (χ1v) is 7.33. The normalized spacial score (nSPS) is 16.7. The van der Waals surface area contributed by atoms with E-state index in [-0.39, 0.29) is 30.2 Å². The van der Waals surface area contributed by atoms with Crippen LogP contribution >= 0.6 is 0 Å². The zero-order valence-electron chi connectivity index (χ0n) is 13.0. The third-order valence-corrected chi connectivity index (χ3v) is 3.95. The highest BCUT2D eigenvalue weighted by Crippen LogP contribution is 2.19. The number of benzene rings is 1. The van der Waals surface area contributed by atoms with E-state index in [1.54, 1.807) is 0 Å². The summed E-state index contributed by atoms with van der Waals surface area (Å²) in [7, 11) is 0. The molecule has 0 aliphatic carbocycles. The second-order valence-corrected chi connectivity index (χ2v) is 5.60. The lowest BCUT2D eigenvalue weighted by atomic mass is 10.1. The van der Waals surface area contributed by atoms with Crippen molar-refractivity contribution in [2.75, 3.05) is 19.6 Å². The summed E-state index contributed by atoms with van der Waals surface area (Å²) < 4.78 is 0. The van der Waals surface area contributed by atoms with Crippen LogP contribution in [-0.4, -0.2) is 52.3 Å². The summed E-state index contributed by atoms with van der Waals surface area (Å²) in [5.41, 5.74) is 0.484. The number of likely N-dealkylation sites (tertiary alicyclic amines) is 1. The molecule has 0 bridgehead atoms. The number of amides is 2. The number of carbonyl (C=O) groups is 3. The Labute approximate surface area is 137 Å². The predicted molar refractivity (Wildman–Crippen MR) is 82.5 cm³/mol. The van der Waals surface area contributed by atoms with E-state index < -0.39 is 22.7 Å². The standard InChI is InChI=1S/C15H17N3O6/c1-9-6-10(2-3-12(9)18(23)24)14(20)16-7-13(19)17-5-4-11(8-17)15(21)22/h2-3,6,11H,4-5,7-8H2,1H3,(H,16,20)(H,21,22). The largest absolute Gasteiger partial charge is 0.481 e. The second kappa shape index (κ2) is 7.07. The number of rotatable bonds is 5. The number of nitro groups is 1. The number of nitrogens with one attached hydrogen (secondary N) is 1. The lowest BCUT2D eigenvalue weighted by molar-refractivity contribution is -0.385. The molecule has 1 fully saturated rings. The molecule has 1 heterocycles. The first-order valence-electron chi connectivity index (χ1n) is 7.33. The van der Waals surface area contributed by atoms with Crippen LogP contribution in [0.4, 0.5) is 5.69 Å². The first-order chi connectivity index (χ1) is 11.3. The number of nitrogens with zero attached hydrogens (tertiary/aromatic N) is 2. The van der Waals surface area contributed by atoms with Crippen LogP contribution in [0, 0.1) is 23.0 Å². The zero-order chi connectivity index (χ0) is 17.9. The minimum atomic E-state index is -0.935. The van der Waals surface area contributed by atoms with Gasteiger partial charge in [0.15, 0.2) is 0 Å². The van der Waals surface area contributed by atoms with E-state index in [2.05, 4.69) is 5.32 Å². The van der Waals surface area contributed by atoms with Crippen molar-refractivity contribution < 1.29 is 24.4 Å². The number of hydrogen-bond acceptors (Lipinski definition) is 5. The third kappa shape index (κ3) is 3.86. The van der Waals surface area contributed by atoms with Gasteiger partial charge in [-0.1, -0.05) is 0 Å². The van der Waals surface area contributed by atoms with Crippen LogP contribution < -0.4 is 5.32 Å².